The zero-order valence-electron chi connectivity index (χ0n) is 13.7. The van der Waals surface area contributed by atoms with Crippen molar-refractivity contribution in [3.8, 4) is 0 Å². The van der Waals surface area contributed by atoms with Crippen molar-refractivity contribution in [2.45, 2.75) is 58.0 Å². The molecular formula is C16H28N4O. The van der Waals surface area contributed by atoms with Crippen LogP contribution in [0.15, 0.2) is 6.07 Å². The summed E-state index contributed by atoms with van der Waals surface area (Å²) < 4.78 is 1.68. The van der Waals surface area contributed by atoms with Crippen LogP contribution in [0, 0.1) is 6.92 Å². The molecule has 0 aliphatic heterocycles. The number of rotatable bonds is 5. The first-order valence-corrected chi connectivity index (χ1v) is 8.04. The molecular weight excluding hydrogens is 264 g/mol. The smallest absolute Gasteiger partial charge is 0.272 e. The van der Waals surface area contributed by atoms with Gasteiger partial charge in [0.05, 0.1) is 5.69 Å². The van der Waals surface area contributed by atoms with E-state index in [2.05, 4.69) is 17.3 Å². The summed E-state index contributed by atoms with van der Waals surface area (Å²) in [5.74, 6) is 0.0862. The molecule has 2 rings (SSSR count). The van der Waals surface area contributed by atoms with E-state index in [1.54, 1.807) is 4.68 Å². The van der Waals surface area contributed by atoms with Gasteiger partial charge in [-0.05, 0) is 51.6 Å². The average Bonchev–Trinajstić information content (AvgIpc) is 2.83. The van der Waals surface area contributed by atoms with Crippen LogP contribution in [0.1, 0.15) is 55.2 Å². The lowest BCUT2D eigenvalue weighted by molar-refractivity contribution is 0.0673. The highest BCUT2D eigenvalue weighted by molar-refractivity contribution is 5.92. The van der Waals surface area contributed by atoms with Gasteiger partial charge in [0.15, 0.2) is 0 Å². The van der Waals surface area contributed by atoms with Crippen molar-refractivity contribution in [2.24, 2.45) is 7.05 Å². The number of hydrogen-bond acceptors (Lipinski definition) is 3. The quantitative estimate of drug-likeness (QED) is 0.904. The number of carbonyl (C=O) groups excluding carboxylic acids is 1. The van der Waals surface area contributed by atoms with Crippen molar-refractivity contribution < 1.29 is 4.79 Å². The molecule has 0 unspecified atom stereocenters. The highest BCUT2D eigenvalue weighted by Gasteiger charge is 2.28. The second-order valence-electron chi connectivity index (χ2n) is 6.17. The fourth-order valence-electron chi connectivity index (χ4n) is 3.17. The van der Waals surface area contributed by atoms with Crippen LogP contribution in [0.2, 0.25) is 0 Å². The molecule has 1 saturated carbocycles. The van der Waals surface area contributed by atoms with Gasteiger partial charge >= 0.3 is 0 Å². The van der Waals surface area contributed by atoms with E-state index >= 15 is 0 Å². The lowest BCUT2D eigenvalue weighted by Gasteiger charge is -2.35. The van der Waals surface area contributed by atoms with Crippen LogP contribution in [-0.4, -0.2) is 46.3 Å². The molecule has 5 nitrogen and oxygen atoms in total. The van der Waals surface area contributed by atoms with Gasteiger partial charge in [0.1, 0.15) is 5.69 Å². The number of aryl methyl sites for hydroxylation is 2. The predicted molar refractivity (Wildman–Crippen MR) is 84.4 cm³/mol. The first-order chi connectivity index (χ1) is 10.0. The minimum atomic E-state index is 0.0862. The Hall–Kier alpha value is -1.36. The lowest BCUT2D eigenvalue weighted by atomic mass is 9.90. The van der Waals surface area contributed by atoms with Gasteiger partial charge in [0, 0.05) is 26.2 Å². The number of hydrogen-bond donors (Lipinski definition) is 1. The van der Waals surface area contributed by atoms with Crippen LogP contribution in [0.5, 0.6) is 0 Å². The predicted octanol–water partition coefficient (Wildman–Crippen LogP) is 2.11. The molecule has 118 valence electrons. The molecule has 21 heavy (non-hydrogen) atoms. The third kappa shape index (κ3) is 3.84. The van der Waals surface area contributed by atoms with Crippen LogP contribution in [-0.2, 0) is 7.05 Å². The highest BCUT2D eigenvalue weighted by Crippen LogP contribution is 2.23. The number of amides is 1. The molecule has 1 aliphatic carbocycles. The maximum Gasteiger partial charge on any atom is 0.272 e. The Kier molecular flexibility index (Phi) is 5.39. The van der Waals surface area contributed by atoms with E-state index in [-0.39, 0.29) is 5.91 Å². The van der Waals surface area contributed by atoms with Gasteiger partial charge in [0.2, 0.25) is 0 Å². The molecule has 1 amide bonds. The fourth-order valence-corrected chi connectivity index (χ4v) is 3.17. The van der Waals surface area contributed by atoms with Crippen molar-refractivity contribution in [3.63, 3.8) is 0 Å². The summed E-state index contributed by atoms with van der Waals surface area (Å²) in [4.78, 5) is 14.5. The van der Waals surface area contributed by atoms with Crippen LogP contribution in [0.25, 0.3) is 0 Å². The van der Waals surface area contributed by atoms with Gasteiger partial charge in [-0.25, -0.2) is 0 Å². The topological polar surface area (TPSA) is 50.2 Å². The van der Waals surface area contributed by atoms with E-state index in [4.69, 9.17) is 0 Å². The number of nitrogens with zero attached hydrogens (tertiary/aromatic N) is 3. The van der Waals surface area contributed by atoms with E-state index in [9.17, 15) is 4.79 Å². The number of nitrogens with one attached hydrogen (secondary N) is 1. The van der Waals surface area contributed by atoms with Gasteiger partial charge in [-0.2, -0.15) is 5.10 Å². The standard InChI is InChI=1S/C16H28N4O/c1-5-10-17-13-6-8-14(9-7-13)19(3)16(21)15-11-12(2)18-20(15)4/h11,13-14,17H,5-10H2,1-4H3. The first-order valence-electron chi connectivity index (χ1n) is 8.04. The fraction of sp³-hybridized carbons (Fsp3) is 0.750. The summed E-state index contributed by atoms with van der Waals surface area (Å²) in [5, 5.41) is 7.85. The molecule has 1 aliphatic rings. The van der Waals surface area contributed by atoms with Gasteiger partial charge < -0.3 is 10.2 Å². The van der Waals surface area contributed by atoms with Crippen LogP contribution in [0.3, 0.4) is 0 Å². The summed E-state index contributed by atoms with van der Waals surface area (Å²) in [7, 11) is 3.76. The minimum Gasteiger partial charge on any atom is -0.337 e. The van der Waals surface area contributed by atoms with Gasteiger partial charge in [-0.3, -0.25) is 9.48 Å². The Labute approximate surface area is 127 Å². The Morgan fingerprint density at radius 2 is 2.10 bits per heavy atom. The van der Waals surface area contributed by atoms with E-state index in [0.717, 1.165) is 37.9 Å². The highest BCUT2D eigenvalue weighted by atomic mass is 16.2. The van der Waals surface area contributed by atoms with Crippen molar-refractivity contribution in [1.82, 2.24) is 20.0 Å². The minimum absolute atomic E-state index is 0.0862. The van der Waals surface area contributed by atoms with Gasteiger partial charge in [-0.1, -0.05) is 6.92 Å². The molecule has 1 aromatic heterocycles. The molecule has 0 bridgehead atoms. The molecule has 5 heteroatoms. The summed E-state index contributed by atoms with van der Waals surface area (Å²) in [6.07, 6.45) is 5.67. The average molecular weight is 292 g/mol. The summed E-state index contributed by atoms with van der Waals surface area (Å²) in [5.41, 5.74) is 1.57. The first kappa shape index (κ1) is 16.0. The second-order valence-corrected chi connectivity index (χ2v) is 6.17. The Balaban J connectivity index is 1.91. The molecule has 0 saturated heterocycles. The van der Waals surface area contributed by atoms with E-state index in [0.29, 0.717) is 17.8 Å². The van der Waals surface area contributed by atoms with Gasteiger partial charge in [0.25, 0.3) is 5.91 Å². The third-order valence-electron chi connectivity index (χ3n) is 4.47. The molecule has 1 N–H and O–H groups in total. The molecule has 0 spiro atoms. The second kappa shape index (κ2) is 7.07. The zero-order valence-corrected chi connectivity index (χ0v) is 13.7. The monoisotopic (exact) mass is 292 g/mol. The molecule has 1 aromatic rings. The van der Waals surface area contributed by atoms with Crippen molar-refractivity contribution in [3.05, 3.63) is 17.5 Å². The van der Waals surface area contributed by atoms with Crippen LogP contribution in [0.4, 0.5) is 0 Å². The van der Waals surface area contributed by atoms with E-state index < -0.39 is 0 Å². The maximum absolute atomic E-state index is 12.6. The Bertz CT molecular complexity index is 475. The summed E-state index contributed by atoms with van der Waals surface area (Å²) in [6, 6.07) is 2.85. The summed E-state index contributed by atoms with van der Waals surface area (Å²) in [6.45, 7) is 5.21. The Morgan fingerprint density at radius 1 is 1.43 bits per heavy atom. The molecule has 0 radical (unpaired) electrons. The number of carbonyl (C=O) groups is 1. The SMILES string of the molecule is CCCNC1CCC(N(C)C(=O)c2cc(C)nn2C)CC1. The van der Waals surface area contributed by atoms with Crippen LogP contribution >= 0.6 is 0 Å². The van der Waals surface area contributed by atoms with Gasteiger partial charge in [-0.15, -0.1) is 0 Å². The lowest BCUT2D eigenvalue weighted by Crippen LogP contribution is -2.43. The Morgan fingerprint density at radius 3 is 2.62 bits per heavy atom. The normalized spacial score (nSPS) is 22.3. The van der Waals surface area contributed by atoms with E-state index in [1.807, 2.05) is 32.0 Å². The molecule has 1 heterocycles. The van der Waals surface area contributed by atoms with E-state index in [1.165, 1.54) is 6.42 Å². The van der Waals surface area contributed by atoms with Crippen molar-refractivity contribution in [1.29, 1.82) is 0 Å². The third-order valence-corrected chi connectivity index (χ3v) is 4.47. The summed E-state index contributed by atoms with van der Waals surface area (Å²) >= 11 is 0. The molecule has 1 fully saturated rings. The zero-order chi connectivity index (χ0) is 15.4. The molecule has 0 atom stereocenters. The van der Waals surface area contributed by atoms with Crippen molar-refractivity contribution >= 4 is 5.91 Å². The van der Waals surface area contributed by atoms with Crippen molar-refractivity contribution in [2.75, 3.05) is 13.6 Å². The molecule has 0 aromatic carbocycles. The maximum atomic E-state index is 12.6. The number of aromatic nitrogens is 2. The van der Waals surface area contributed by atoms with Crippen LogP contribution < -0.4 is 5.32 Å². The largest absolute Gasteiger partial charge is 0.337 e.